The number of halogens is 2. The molecule has 0 amide bonds. The third-order valence-electron chi connectivity index (χ3n) is 2.30. The van der Waals surface area contributed by atoms with E-state index in [2.05, 4.69) is 47.3 Å². The molecule has 1 atom stereocenters. The van der Waals surface area contributed by atoms with E-state index >= 15 is 0 Å². The second-order valence-corrected chi connectivity index (χ2v) is 5.31. The summed E-state index contributed by atoms with van der Waals surface area (Å²) in [6.45, 7) is 0. The van der Waals surface area contributed by atoms with Gasteiger partial charge in [0.15, 0.2) is 0 Å². The van der Waals surface area contributed by atoms with Crippen LogP contribution in [0, 0.1) is 0 Å². The Bertz CT molecular complexity index is 484. The summed E-state index contributed by atoms with van der Waals surface area (Å²) in [6, 6.07) is 5.84. The van der Waals surface area contributed by atoms with Gasteiger partial charge in [0.25, 0.3) is 0 Å². The summed E-state index contributed by atoms with van der Waals surface area (Å²) in [6.07, 6.45) is 4.98. The first-order valence-electron chi connectivity index (χ1n) is 4.87. The second kappa shape index (κ2) is 5.68. The minimum atomic E-state index is -0.134. The SMILES string of the molecule is NNC(c1cncnc1)c1cc(Br)cc(Br)c1. The van der Waals surface area contributed by atoms with Crippen LogP contribution in [0.2, 0.25) is 0 Å². The molecule has 4 nitrogen and oxygen atoms in total. The van der Waals surface area contributed by atoms with Crippen molar-refractivity contribution >= 4 is 31.9 Å². The summed E-state index contributed by atoms with van der Waals surface area (Å²) in [5, 5.41) is 0. The number of rotatable bonds is 3. The quantitative estimate of drug-likeness (QED) is 0.654. The zero-order valence-electron chi connectivity index (χ0n) is 8.77. The van der Waals surface area contributed by atoms with Gasteiger partial charge in [-0.15, -0.1) is 0 Å². The van der Waals surface area contributed by atoms with E-state index in [0.29, 0.717) is 0 Å². The first-order chi connectivity index (χ1) is 8.20. The lowest BCUT2D eigenvalue weighted by Gasteiger charge is -2.16. The first kappa shape index (κ1) is 12.6. The molecule has 0 saturated carbocycles. The fourth-order valence-corrected chi connectivity index (χ4v) is 2.92. The van der Waals surface area contributed by atoms with Crippen molar-refractivity contribution in [1.29, 1.82) is 0 Å². The van der Waals surface area contributed by atoms with Crippen molar-refractivity contribution < 1.29 is 0 Å². The number of hydrogen-bond donors (Lipinski definition) is 2. The standard InChI is InChI=1S/C11H10Br2N4/c12-9-1-7(2-10(13)3-9)11(17-14)8-4-15-6-16-5-8/h1-6,11,17H,14H2. The normalized spacial score (nSPS) is 12.4. The van der Waals surface area contributed by atoms with Crippen molar-refractivity contribution in [3.63, 3.8) is 0 Å². The highest BCUT2D eigenvalue weighted by Gasteiger charge is 2.13. The molecule has 3 N–H and O–H groups in total. The van der Waals surface area contributed by atoms with Crippen LogP contribution in [-0.4, -0.2) is 9.97 Å². The van der Waals surface area contributed by atoms with Gasteiger partial charge in [-0.25, -0.2) is 15.4 Å². The Morgan fingerprint density at radius 3 is 2.12 bits per heavy atom. The first-order valence-corrected chi connectivity index (χ1v) is 6.46. The van der Waals surface area contributed by atoms with Crippen molar-refractivity contribution in [1.82, 2.24) is 15.4 Å². The lowest BCUT2D eigenvalue weighted by molar-refractivity contribution is 0.631. The van der Waals surface area contributed by atoms with Crippen LogP contribution in [0.5, 0.6) is 0 Å². The average molecular weight is 358 g/mol. The summed E-state index contributed by atoms with van der Waals surface area (Å²) in [5.74, 6) is 5.60. The van der Waals surface area contributed by atoms with Crippen molar-refractivity contribution in [2.24, 2.45) is 5.84 Å². The van der Waals surface area contributed by atoms with E-state index in [1.165, 1.54) is 6.33 Å². The Labute approximate surface area is 116 Å². The Kier molecular flexibility index (Phi) is 4.22. The van der Waals surface area contributed by atoms with Crippen LogP contribution in [0.3, 0.4) is 0 Å². The zero-order valence-corrected chi connectivity index (χ0v) is 11.9. The van der Waals surface area contributed by atoms with Crippen LogP contribution < -0.4 is 11.3 Å². The van der Waals surface area contributed by atoms with E-state index < -0.39 is 0 Å². The highest BCUT2D eigenvalue weighted by molar-refractivity contribution is 9.11. The third-order valence-corrected chi connectivity index (χ3v) is 3.21. The molecule has 2 rings (SSSR count). The summed E-state index contributed by atoms with van der Waals surface area (Å²) in [5.41, 5.74) is 4.72. The van der Waals surface area contributed by atoms with Crippen LogP contribution in [0.1, 0.15) is 17.2 Å². The van der Waals surface area contributed by atoms with Crippen LogP contribution in [0.4, 0.5) is 0 Å². The molecule has 1 aromatic heterocycles. The molecule has 17 heavy (non-hydrogen) atoms. The molecule has 0 aliphatic carbocycles. The predicted molar refractivity (Wildman–Crippen MR) is 73.0 cm³/mol. The van der Waals surface area contributed by atoms with Crippen molar-refractivity contribution in [3.05, 3.63) is 57.0 Å². The largest absolute Gasteiger partial charge is 0.271 e. The van der Waals surface area contributed by atoms with Crippen molar-refractivity contribution in [2.45, 2.75) is 6.04 Å². The second-order valence-electron chi connectivity index (χ2n) is 3.47. The number of hydrazine groups is 1. The van der Waals surface area contributed by atoms with E-state index in [1.54, 1.807) is 12.4 Å². The Hall–Kier alpha value is -0.820. The van der Waals surface area contributed by atoms with E-state index in [1.807, 2.05) is 18.2 Å². The van der Waals surface area contributed by atoms with E-state index in [4.69, 9.17) is 5.84 Å². The zero-order chi connectivity index (χ0) is 12.3. The lowest BCUT2D eigenvalue weighted by atomic mass is 10.0. The number of aromatic nitrogens is 2. The Balaban J connectivity index is 2.42. The molecule has 1 unspecified atom stereocenters. The Morgan fingerprint density at radius 2 is 1.59 bits per heavy atom. The average Bonchev–Trinajstić information content (AvgIpc) is 2.30. The molecule has 0 spiro atoms. The molecule has 0 aliphatic heterocycles. The minimum absolute atomic E-state index is 0.134. The predicted octanol–water partition coefficient (Wildman–Crippen LogP) is 2.55. The molecule has 0 saturated heterocycles. The molecule has 88 valence electrons. The van der Waals surface area contributed by atoms with Gasteiger partial charge in [0, 0.05) is 26.9 Å². The smallest absolute Gasteiger partial charge is 0.115 e. The maximum atomic E-state index is 5.60. The number of nitrogens with two attached hydrogens (primary N) is 1. The number of benzene rings is 1. The summed E-state index contributed by atoms with van der Waals surface area (Å²) >= 11 is 6.91. The summed E-state index contributed by atoms with van der Waals surface area (Å²) < 4.78 is 1.97. The highest BCUT2D eigenvalue weighted by atomic mass is 79.9. The third kappa shape index (κ3) is 3.10. The minimum Gasteiger partial charge on any atom is -0.271 e. The molecular weight excluding hydrogens is 348 g/mol. The Morgan fingerprint density at radius 1 is 1.00 bits per heavy atom. The van der Waals surface area contributed by atoms with Gasteiger partial charge < -0.3 is 0 Å². The van der Waals surface area contributed by atoms with Gasteiger partial charge >= 0.3 is 0 Å². The van der Waals surface area contributed by atoms with Gasteiger partial charge in [-0.3, -0.25) is 5.84 Å². The maximum absolute atomic E-state index is 5.60. The fourth-order valence-electron chi connectivity index (χ4n) is 1.59. The van der Waals surface area contributed by atoms with Gasteiger partial charge in [-0.2, -0.15) is 0 Å². The van der Waals surface area contributed by atoms with E-state index in [0.717, 1.165) is 20.1 Å². The van der Waals surface area contributed by atoms with Crippen LogP contribution >= 0.6 is 31.9 Å². The molecule has 0 fully saturated rings. The summed E-state index contributed by atoms with van der Waals surface area (Å²) in [7, 11) is 0. The molecule has 1 heterocycles. The molecule has 0 radical (unpaired) electrons. The fraction of sp³-hybridized carbons (Fsp3) is 0.0909. The van der Waals surface area contributed by atoms with Crippen LogP contribution in [-0.2, 0) is 0 Å². The van der Waals surface area contributed by atoms with E-state index in [9.17, 15) is 0 Å². The number of nitrogens with one attached hydrogen (secondary N) is 1. The number of nitrogens with zero attached hydrogens (tertiary/aromatic N) is 2. The van der Waals surface area contributed by atoms with Gasteiger partial charge in [0.05, 0.1) is 6.04 Å². The topological polar surface area (TPSA) is 63.8 Å². The number of hydrogen-bond acceptors (Lipinski definition) is 4. The van der Waals surface area contributed by atoms with Crippen LogP contribution in [0.15, 0.2) is 45.9 Å². The lowest BCUT2D eigenvalue weighted by Crippen LogP contribution is -2.29. The molecule has 0 aliphatic rings. The summed E-state index contributed by atoms with van der Waals surface area (Å²) in [4.78, 5) is 7.99. The molecule has 6 heteroatoms. The van der Waals surface area contributed by atoms with Gasteiger partial charge in [-0.1, -0.05) is 31.9 Å². The van der Waals surface area contributed by atoms with Gasteiger partial charge in [0.1, 0.15) is 6.33 Å². The van der Waals surface area contributed by atoms with Crippen LogP contribution in [0.25, 0.3) is 0 Å². The van der Waals surface area contributed by atoms with Gasteiger partial charge in [-0.05, 0) is 23.8 Å². The monoisotopic (exact) mass is 356 g/mol. The highest BCUT2D eigenvalue weighted by Crippen LogP contribution is 2.27. The molecule has 2 aromatic rings. The molecular formula is C11H10Br2N4. The maximum Gasteiger partial charge on any atom is 0.115 e. The van der Waals surface area contributed by atoms with Crippen molar-refractivity contribution in [2.75, 3.05) is 0 Å². The van der Waals surface area contributed by atoms with E-state index in [-0.39, 0.29) is 6.04 Å². The molecule has 0 bridgehead atoms. The van der Waals surface area contributed by atoms with Gasteiger partial charge in [0.2, 0.25) is 0 Å². The molecule has 1 aromatic carbocycles. The van der Waals surface area contributed by atoms with Crippen molar-refractivity contribution in [3.8, 4) is 0 Å².